The van der Waals surface area contributed by atoms with Gasteiger partial charge in [-0.2, -0.15) is 5.10 Å². The average Bonchev–Trinajstić information content (AvgIpc) is 2.80. The van der Waals surface area contributed by atoms with E-state index in [9.17, 15) is 0 Å². The molecule has 1 saturated heterocycles. The summed E-state index contributed by atoms with van der Waals surface area (Å²) in [5.41, 5.74) is 0.839. The zero-order valence-corrected chi connectivity index (χ0v) is 12.0. The molecule has 4 nitrogen and oxygen atoms in total. The van der Waals surface area contributed by atoms with Crippen LogP contribution in [0.5, 0.6) is 0 Å². The van der Waals surface area contributed by atoms with Crippen LogP contribution in [0.25, 0.3) is 5.65 Å². The van der Waals surface area contributed by atoms with Gasteiger partial charge < -0.3 is 4.90 Å². The van der Waals surface area contributed by atoms with E-state index in [1.165, 1.54) is 25.9 Å². The standard InChI is InChI=1S/C14H19ClN4/c1-2-18-6-3-4-11(10-18)8-13-16-14-9-12(15)5-7-19(14)17-13/h5,7,9,11H,2-4,6,8,10H2,1H3. The topological polar surface area (TPSA) is 33.4 Å². The van der Waals surface area contributed by atoms with Crippen LogP contribution >= 0.6 is 11.6 Å². The van der Waals surface area contributed by atoms with Gasteiger partial charge in [0.25, 0.3) is 0 Å². The highest BCUT2D eigenvalue weighted by atomic mass is 35.5. The molecule has 1 aliphatic heterocycles. The Morgan fingerprint density at radius 3 is 3.21 bits per heavy atom. The Labute approximate surface area is 118 Å². The molecule has 3 rings (SSSR count). The monoisotopic (exact) mass is 278 g/mol. The second-order valence-corrected chi connectivity index (χ2v) is 5.72. The zero-order valence-electron chi connectivity index (χ0n) is 11.2. The van der Waals surface area contributed by atoms with Crippen molar-refractivity contribution < 1.29 is 0 Å². The second-order valence-electron chi connectivity index (χ2n) is 5.28. The lowest BCUT2D eigenvalue weighted by Gasteiger charge is -2.31. The number of hydrogen-bond donors (Lipinski definition) is 0. The molecule has 0 spiro atoms. The van der Waals surface area contributed by atoms with Crippen LogP contribution in [0.2, 0.25) is 5.02 Å². The van der Waals surface area contributed by atoms with Gasteiger partial charge in [0.2, 0.25) is 0 Å². The van der Waals surface area contributed by atoms with Crippen LogP contribution in [-0.4, -0.2) is 39.1 Å². The molecule has 0 bridgehead atoms. The van der Waals surface area contributed by atoms with E-state index in [4.69, 9.17) is 11.6 Å². The van der Waals surface area contributed by atoms with E-state index in [0.717, 1.165) is 24.4 Å². The van der Waals surface area contributed by atoms with Crippen LogP contribution in [0, 0.1) is 5.92 Å². The largest absolute Gasteiger partial charge is 0.303 e. The summed E-state index contributed by atoms with van der Waals surface area (Å²) in [5, 5.41) is 5.24. The van der Waals surface area contributed by atoms with Gasteiger partial charge in [0.05, 0.1) is 0 Å². The molecule has 2 aromatic rings. The molecule has 0 amide bonds. The van der Waals surface area contributed by atoms with E-state index in [1.54, 1.807) is 0 Å². The molecular formula is C14H19ClN4. The van der Waals surface area contributed by atoms with E-state index >= 15 is 0 Å². The summed E-state index contributed by atoms with van der Waals surface area (Å²) in [4.78, 5) is 7.08. The minimum Gasteiger partial charge on any atom is -0.303 e. The van der Waals surface area contributed by atoms with Crippen LogP contribution < -0.4 is 0 Å². The van der Waals surface area contributed by atoms with Crippen molar-refractivity contribution in [2.24, 2.45) is 5.92 Å². The summed E-state index contributed by atoms with van der Waals surface area (Å²) in [6.45, 7) is 5.78. The highest BCUT2D eigenvalue weighted by molar-refractivity contribution is 6.30. The van der Waals surface area contributed by atoms with Crippen molar-refractivity contribution in [3.63, 3.8) is 0 Å². The number of halogens is 1. The third kappa shape index (κ3) is 2.90. The van der Waals surface area contributed by atoms with Crippen LogP contribution in [0.1, 0.15) is 25.6 Å². The predicted molar refractivity (Wildman–Crippen MR) is 76.5 cm³/mol. The van der Waals surface area contributed by atoms with Crippen molar-refractivity contribution in [1.82, 2.24) is 19.5 Å². The van der Waals surface area contributed by atoms with E-state index in [-0.39, 0.29) is 0 Å². The summed E-state index contributed by atoms with van der Waals surface area (Å²) >= 11 is 5.97. The molecular weight excluding hydrogens is 260 g/mol. The molecule has 0 aromatic carbocycles. The lowest BCUT2D eigenvalue weighted by Crippen LogP contribution is -2.36. The fourth-order valence-corrected chi connectivity index (χ4v) is 3.01. The quantitative estimate of drug-likeness (QED) is 0.865. The average molecular weight is 279 g/mol. The van der Waals surface area contributed by atoms with E-state index in [0.29, 0.717) is 10.9 Å². The molecule has 0 radical (unpaired) electrons. The number of hydrogen-bond acceptors (Lipinski definition) is 3. The van der Waals surface area contributed by atoms with Gasteiger partial charge in [0.1, 0.15) is 0 Å². The van der Waals surface area contributed by atoms with Crippen LogP contribution in [0.15, 0.2) is 18.3 Å². The summed E-state index contributed by atoms with van der Waals surface area (Å²) in [6, 6.07) is 3.70. The van der Waals surface area contributed by atoms with Crippen molar-refractivity contribution in [2.45, 2.75) is 26.2 Å². The first kappa shape index (κ1) is 12.9. The first-order valence-corrected chi connectivity index (χ1v) is 7.35. The molecule has 2 aromatic heterocycles. The van der Waals surface area contributed by atoms with Crippen molar-refractivity contribution in [3.05, 3.63) is 29.2 Å². The molecule has 0 aliphatic carbocycles. The molecule has 1 atom stereocenters. The maximum absolute atomic E-state index is 5.97. The number of rotatable bonds is 3. The third-order valence-electron chi connectivity index (χ3n) is 3.87. The minimum atomic E-state index is 0.682. The smallest absolute Gasteiger partial charge is 0.157 e. The van der Waals surface area contributed by atoms with Crippen molar-refractivity contribution in [3.8, 4) is 0 Å². The fourth-order valence-electron chi connectivity index (χ4n) is 2.85. The van der Waals surface area contributed by atoms with Gasteiger partial charge >= 0.3 is 0 Å². The van der Waals surface area contributed by atoms with Gasteiger partial charge in [-0.1, -0.05) is 18.5 Å². The highest BCUT2D eigenvalue weighted by Crippen LogP contribution is 2.20. The predicted octanol–water partition coefficient (Wildman–Crippen LogP) is 2.66. The van der Waals surface area contributed by atoms with Crippen LogP contribution in [0.4, 0.5) is 0 Å². The van der Waals surface area contributed by atoms with E-state index < -0.39 is 0 Å². The maximum Gasteiger partial charge on any atom is 0.157 e. The van der Waals surface area contributed by atoms with Gasteiger partial charge in [-0.3, -0.25) is 0 Å². The first-order valence-electron chi connectivity index (χ1n) is 6.98. The normalized spacial score (nSPS) is 21.1. The molecule has 1 fully saturated rings. The molecule has 1 aliphatic rings. The van der Waals surface area contributed by atoms with Gasteiger partial charge in [-0.25, -0.2) is 9.50 Å². The molecule has 0 saturated carbocycles. The van der Waals surface area contributed by atoms with E-state index in [1.807, 2.05) is 22.8 Å². The summed E-state index contributed by atoms with van der Waals surface area (Å²) < 4.78 is 1.81. The fraction of sp³-hybridized carbons (Fsp3) is 0.571. The third-order valence-corrected chi connectivity index (χ3v) is 4.10. The Kier molecular flexibility index (Phi) is 3.71. The number of aromatic nitrogens is 3. The Bertz CT molecular complexity index is 566. The Hall–Kier alpha value is -1.13. The van der Waals surface area contributed by atoms with Crippen molar-refractivity contribution in [1.29, 1.82) is 0 Å². The van der Waals surface area contributed by atoms with Gasteiger partial charge in [-0.05, 0) is 37.9 Å². The Morgan fingerprint density at radius 1 is 1.47 bits per heavy atom. The lowest BCUT2D eigenvalue weighted by atomic mass is 9.94. The number of likely N-dealkylation sites (tertiary alicyclic amines) is 1. The number of pyridine rings is 1. The molecule has 5 heteroatoms. The second kappa shape index (κ2) is 5.47. The Balaban J connectivity index is 1.74. The highest BCUT2D eigenvalue weighted by Gasteiger charge is 2.20. The minimum absolute atomic E-state index is 0.682. The molecule has 3 heterocycles. The van der Waals surface area contributed by atoms with Crippen molar-refractivity contribution in [2.75, 3.05) is 19.6 Å². The van der Waals surface area contributed by atoms with E-state index in [2.05, 4.69) is 21.9 Å². The first-order chi connectivity index (χ1) is 9.24. The summed E-state index contributed by atoms with van der Waals surface area (Å²) in [5.74, 6) is 1.62. The number of nitrogens with zero attached hydrogens (tertiary/aromatic N) is 4. The summed E-state index contributed by atoms with van der Waals surface area (Å²) in [6.07, 6.45) is 5.41. The van der Waals surface area contributed by atoms with Crippen LogP contribution in [-0.2, 0) is 6.42 Å². The molecule has 102 valence electrons. The van der Waals surface area contributed by atoms with Gasteiger partial charge in [0.15, 0.2) is 11.5 Å². The van der Waals surface area contributed by atoms with Gasteiger partial charge in [-0.15, -0.1) is 0 Å². The number of fused-ring (bicyclic) bond motifs is 1. The SMILES string of the molecule is CCN1CCCC(Cc2nc3cc(Cl)ccn3n2)C1. The molecule has 0 N–H and O–H groups in total. The lowest BCUT2D eigenvalue weighted by molar-refractivity contribution is 0.181. The van der Waals surface area contributed by atoms with Crippen LogP contribution in [0.3, 0.4) is 0 Å². The van der Waals surface area contributed by atoms with Gasteiger partial charge in [0, 0.05) is 30.3 Å². The van der Waals surface area contributed by atoms with Crippen molar-refractivity contribution >= 4 is 17.2 Å². The zero-order chi connectivity index (χ0) is 13.2. The number of piperidine rings is 1. The Morgan fingerprint density at radius 2 is 2.37 bits per heavy atom. The molecule has 19 heavy (non-hydrogen) atoms. The summed E-state index contributed by atoms with van der Waals surface area (Å²) in [7, 11) is 0. The maximum atomic E-state index is 5.97. The molecule has 1 unspecified atom stereocenters.